The second-order valence-electron chi connectivity index (χ2n) is 4.60. The third kappa shape index (κ3) is 5.33. The molecular weight excluding hydrogens is 258 g/mol. The van der Waals surface area contributed by atoms with E-state index < -0.39 is 0 Å². The molecule has 2 rings (SSSR count). The smallest absolute Gasteiger partial charge is 0.119 e. The molecule has 0 amide bonds. The molecule has 1 atom stereocenters. The third-order valence-corrected chi connectivity index (χ3v) is 2.73. The van der Waals surface area contributed by atoms with Crippen molar-refractivity contribution in [2.24, 2.45) is 5.73 Å². The summed E-state index contributed by atoms with van der Waals surface area (Å²) < 4.78 is 5.72. The first kappa shape index (κ1) is 15.5. The highest BCUT2D eigenvalue weighted by molar-refractivity contribution is 5.85. The van der Waals surface area contributed by atoms with Crippen molar-refractivity contribution in [2.45, 2.75) is 26.0 Å². The van der Waals surface area contributed by atoms with Crippen LogP contribution in [0.25, 0.3) is 0 Å². The molecule has 0 fully saturated rings. The molecule has 2 aromatic rings. The van der Waals surface area contributed by atoms with Gasteiger partial charge in [-0.15, -0.1) is 12.4 Å². The maximum atomic E-state index is 5.77. The Morgan fingerprint density at radius 1 is 0.947 bits per heavy atom. The van der Waals surface area contributed by atoms with Gasteiger partial charge < -0.3 is 10.5 Å². The van der Waals surface area contributed by atoms with Gasteiger partial charge in [0.15, 0.2) is 0 Å². The largest absolute Gasteiger partial charge is 0.489 e. The van der Waals surface area contributed by atoms with E-state index in [0.29, 0.717) is 6.61 Å². The average molecular weight is 278 g/mol. The van der Waals surface area contributed by atoms with Crippen molar-refractivity contribution in [3.05, 3.63) is 65.7 Å². The van der Waals surface area contributed by atoms with Crippen LogP contribution < -0.4 is 10.5 Å². The fourth-order valence-electron chi connectivity index (χ4n) is 1.83. The Hall–Kier alpha value is -1.51. The molecule has 0 saturated heterocycles. The topological polar surface area (TPSA) is 35.2 Å². The summed E-state index contributed by atoms with van der Waals surface area (Å²) in [7, 11) is 0. The molecule has 102 valence electrons. The maximum Gasteiger partial charge on any atom is 0.119 e. The zero-order chi connectivity index (χ0) is 12.8. The summed E-state index contributed by atoms with van der Waals surface area (Å²) in [6, 6.07) is 18.5. The van der Waals surface area contributed by atoms with E-state index in [9.17, 15) is 0 Å². The molecule has 0 saturated carbocycles. The second kappa shape index (κ2) is 7.82. The zero-order valence-corrected chi connectivity index (χ0v) is 11.9. The van der Waals surface area contributed by atoms with Crippen molar-refractivity contribution in [1.29, 1.82) is 0 Å². The minimum absolute atomic E-state index is 0. The Morgan fingerprint density at radius 2 is 1.58 bits per heavy atom. The molecule has 0 aromatic heterocycles. The van der Waals surface area contributed by atoms with Gasteiger partial charge in [0, 0.05) is 6.04 Å². The Kier molecular flexibility index (Phi) is 6.40. The first-order valence-electron chi connectivity index (χ1n) is 6.25. The quantitative estimate of drug-likeness (QED) is 0.907. The number of rotatable bonds is 5. The lowest BCUT2D eigenvalue weighted by Crippen LogP contribution is -2.17. The Morgan fingerprint density at radius 3 is 2.16 bits per heavy atom. The van der Waals surface area contributed by atoms with E-state index in [0.717, 1.165) is 12.2 Å². The van der Waals surface area contributed by atoms with Crippen LogP contribution in [-0.4, -0.2) is 6.04 Å². The number of halogens is 1. The number of nitrogens with two attached hydrogens (primary N) is 1. The predicted molar refractivity (Wildman–Crippen MR) is 81.8 cm³/mol. The summed E-state index contributed by atoms with van der Waals surface area (Å²) in [6.07, 6.45) is 0.902. The Balaban J connectivity index is 0.00000180. The number of benzene rings is 2. The van der Waals surface area contributed by atoms with E-state index in [1.165, 1.54) is 11.1 Å². The van der Waals surface area contributed by atoms with Crippen LogP contribution in [0.5, 0.6) is 5.75 Å². The monoisotopic (exact) mass is 277 g/mol. The van der Waals surface area contributed by atoms with Crippen molar-refractivity contribution in [3.63, 3.8) is 0 Å². The summed E-state index contributed by atoms with van der Waals surface area (Å²) >= 11 is 0. The van der Waals surface area contributed by atoms with E-state index in [2.05, 4.69) is 24.3 Å². The van der Waals surface area contributed by atoms with Gasteiger partial charge in [0.05, 0.1) is 0 Å². The first-order chi connectivity index (χ1) is 8.74. The van der Waals surface area contributed by atoms with Crippen molar-refractivity contribution < 1.29 is 4.74 Å². The number of ether oxygens (including phenoxy) is 1. The predicted octanol–water partition coefficient (Wildman–Crippen LogP) is 3.58. The molecule has 2 nitrogen and oxygen atoms in total. The molecule has 1 unspecified atom stereocenters. The molecule has 3 heteroatoms. The van der Waals surface area contributed by atoms with Gasteiger partial charge in [0.2, 0.25) is 0 Å². The van der Waals surface area contributed by atoms with Gasteiger partial charge in [-0.05, 0) is 36.6 Å². The highest BCUT2D eigenvalue weighted by Gasteiger charge is 1.99. The normalized spacial score (nSPS) is 11.5. The van der Waals surface area contributed by atoms with Gasteiger partial charge in [-0.25, -0.2) is 0 Å². The lowest BCUT2D eigenvalue weighted by Gasteiger charge is -2.08. The van der Waals surface area contributed by atoms with E-state index in [4.69, 9.17) is 10.5 Å². The van der Waals surface area contributed by atoms with E-state index in [-0.39, 0.29) is 18.4 Å². The molecule has 2 aromatic carbocycles. The molecule has 0 bridgehead atoms. The molecular formula is C16H20ClNO. The molecule has 0 aliphatic heterocycles. The van der Waals surface area contributed by atoms with Crippen LogP contribution in [0.4, 0.5) is 0 Å². The second-order valence-corrected chi connectivity index (χ2v) is 4.60. The molecule has 19 heavy (non-hydrogen) atoms. The van der Waals surface area contributed by atoms with Gasteiger partial charge in [0.1, 0.15) is 12.4 Å². The molecule has 0 aliphatic carbocycles. The van der Waals surface area contributed by atoms with Crippen LogP contribution in [0.2, 0.25) is 0 Å². The molecule has 0 aliphatic rings. The van der Waals surface area contributed by atoms with Crippen LogP contribution in [0.15, 0.2) is 54.6 Å². The highest BCUT2D eigenvalue weighted by atomic mass is 35.5. The minimum Gasteiger partial charge on any atom is -0.489 e. The maximum absolute atomic E-state index is 5.77. The van der Waals surface area contributed by atoms with Crippen molar-refractivity contribution in [3.8, 4) is 5.75 Å². The summed E-state index contributed by atoms with van der Waals surface area (Å²) in [5, 5.41) is 0. The summed E-state index contributed by atoms with van der Waals surface area (Å²) in [5.74, 6) is 0.896. The summed E-state index contributed by atoms with van der Waals surface area (Å²) in [5.41, 5.74) is 8.19. The van der Waals surface area contributed by atoms with Crippen molar-refractivity contribution >= 4 is 12.4 Å². The number of hydrogen-bond acceptors (Lipinski definition) is 2. The van der Waals surface area contributed by atoms with Crippen molar-refractivity contribution in [2.75, 3.05) is 0 Å². The molecule has 0 spiro atoms. The van der Waals surface area contributed by atoms with Gasteiger partial charge in [-0.3, -0.25) is 0 Å². The summed E-state index contributed by atoms with van der Waals surface area (Å²) in [4.78, 5) is 0. The average Bonchev–Trinajstić information content (AvgIpc) is 2.38. The lowest BCUT2D eigenvalue weighted by molar-refractivity contribution is 0.306. The summed E-state index contributed by atoms with van der Waals surface area (Å²) in [6.45, 7) is 2.62. The van der Waals surface area contributed by atoms with E-state index in [1.54, 1.807) is 0 Å². The third-order valence-electron chi connectivity index (χ3n) is 2.73. The lowest BCUT2D eigenvalue weighted by atomic mass is 10.1. The van der Waals surface area contributed by atoms with Gasteiger partial charge in [-0.1, -0.05) is 42.5 Å². The molecule has 0 radical (unpaired) electrons. The van der Waals surface area contributed by atoms with E-state index >= 15 is 0 Å². The van der Waals surface area contributed by atoms with Crippen molar-refractivity contribution in [1.82, 2.24) is 0 Å². The van der Waals surface area contributed by atoms with Crippen LogP contribution >= 0.6 is 12.4 Å². The van der Waals surface area contributed by atoms with Crippen LogP contribution in [0, 0.1) is 0 Å². The Labute approximate surface area is 121 Å². The SMILES string of the molecule is CC(N)Cc1ccc(OCc2ccccc2)cc1.Cl. The Bertz CT molecular complexity index is 468. The first-order valence-corrected chi connectivity index (χ1v) is 6.25. The fraction of sp³-hybridized carbons (Fsp3) is 0.250. The van der Waals surface area contributed by atoms with Crippen LogP contribution in [0.3, 0.4) is 0 Å². The van der Waals surface area contributed by atoms with E-state index in [1.807, 2.05) is 37.3 Å². The standard InChI is InChI=1S/C16H19NO.ClH/c1-13(17)11-14-7-9-16(10-8-14)18-12-15-5-3-2-4-6-15;/h2-10,13H,11-12,17H2,1H3;1H. The minimum atomic E-state index is 0. The highest BCUT2D eigenvalue weighted by Crippen LogP contribution is 2.15. The fourth-order valence-corrected chi connectivity index (χ4v) is 1.83. The van der Waals surface area contributed by atoms with Crippen LogP contribution in [0.1, 0.15) is 18.1 Å². The number of hydrogen-bond donors (Lipinski definition) is 1. The molecule has 0 heterocycles. The van der Waals surface area contributed by atoms with Gasteiger partial charge in [0.25, 0.3) is 0 Å². The zero-order valence-electron chi connectivity index (χ0n) is 11.1. The van der Waals surface area contributed by atoms with Gasteiger partial charge in [-0.2, -0.15) is 0 Å². The molecule has 2 N–H and O–H groups in total. The van der Waals surface area contributed by atoms with Gasteiger partial charge >= 0.3 is 0 Å². The van der Waals surface area contributed by atoms with Crippen LogP contribution in [-0.2, 0) is 13.0 Å².